The number of benzene rings is 2. The highest BCUT2D eigenvalue weighted by Crippen LogP contribution is 2.34. The summed E-state index contributed by atoms with van der Waals surface area (Å²) < 4.78 is 7.96. The zero-order chi connectivity index (χ0) is 88.8. The summed E-state index contributed by atoms with van der Waals surface area (Å²) in [7, 11) is 0. The molecule has 4 saturated carbocycles. The highest BCUT2D eigenvalue weighted by molar-refractivity contribution is 5.75. The van der Waals surface area contributed by atoms with Crippen molar-refractivity contribution in [1.82, 2.24) is 68.7 Å². The first-order valence-corrected chi connectivity index (χ1v) is 40.1. The third kappa shape index (κ3) is 33.6. The Bertz CT molecular complexity index is 4290. The lowest BCUT2D eigenvalue weighted by molar-refractivity contribution is -0.147. The number of ether oxygens (including phenoxy) is 1. The van der Waals surface area contributed by atoms with E-state index in [0.717, 1.165) is 62.5 Å². The van der Waals surface area contributed by atoms with Gasteiger partial charge in [-0.3, -0.25) is 107 Å². The Morgan fingerprint density at radius 2 is 0.631 bits per heavy atom. The second-order valence-corrected chi connectivity index (χ2v) is 30.3. The number of H-pyrrole nitrogens is 1. The molecular weight excluding hydrogens is 1600 g/mol. The van der Waals surface area contributed by atoms with Crippen molar-refractivity contribution in [3.05, 3.63) is 156 Å². The first-order valence-electron chi connectivity index (χ1n) is 40.1. The molecule has 2 aromatic carbocycles. The van der Waals surface area contributed by atoms with Crippen LogP contribution in [0, 0.1) is 0 Å². The first kappa shape index (κ1) is 97.2. The quantitative estimate of drug-likeness (QED) is 0.0251. The van der Waals surface area contributed by atoms with Crippen LogP contribution in [0.1, 0.15) is 137 Å². The molecule has 0 radical (unpaired) electrons. The largest absolute Gasteiger partial charge is 0.506 e. The standard InChI is InChI=1S/C25H31N3O7.C23H30N4O6.C18H25N3O7.C16H24N4O6/c29-23(30)14-27(20-9-4-5-10-21(20)28(15-24(31)32)16-25(33)34)13-19-22(11-6-12-26-19)35-17-18-7-2-1-3-8-18;28-21(29)14-26(13-20-24-10-11-25(20)12-17-6-2-1-3-7-17)18-8-4-5-9-19(18)27(15-22(30)31)16-23(32)33;22-15-6-3-7-19-12(15)8-20(9-16(23)24)13-4-1-2-5-14(13)21(10-17(25)26)11-18(27)28;21-14(22)8-19(7-13-17-5-6-18-13)11-3-1-2-4-12(11)20(9-15(23)24)10-16(25)26/h1-3,6-8,11-12,20-21H,4-5,9-10,13-17H2,(H,29,30)(H,31,32)(H,33,34);1-3,6-7,10-11,18-19H,4-5,8-9,12-16H2,(H,28,29)(H,30,31)(H,32,33);3,6-7,13-14,22H,1-2,4-5,8-11H2,(H,23,24)(H,25,26)(H,27,28);5-6,11-12H,1-4,7-10H2,(H,17,18)(H,21,22)(H,23,24)(H,25,26)/t20-,21?;18-,19?;13-,14?;11-,12?/m0000/s1. The minimum absolute atomic E-state index is 0.0572. The summed E-state index contributed by atoms with van der Waals surface area (Å²) in [6.07, 6.45) is 21.5. The van der Waals surface area contributed by atoms with Crippen LogP contribution < -0.4 is 4.74 Å². The molecule has 0 bridgehead atoms. The van der Waals surface area contributed by atoms with Gasteiger partial charge in [0, 0.05) is 105 Å². The van der Waals surface area contributed by atoms with Crippen molar-refractivity contribution < 1.29 is 129 Å². The summed E-state index contributed by atoms with van der Waals surface area (Å²) in [6, 6.07) is 23.2. The lowest BCUT2D eigenvalue weighted by atomic mass is 9.87. The summed E-state index contributed by atoms with van der Waals surface area (Å²) >= 11 is 0. The molecule has 122 heavy (non-hydrogen) atoms. The van der Waals surface area contributed by atoms with Gasteiger partial charge in [0.05, 0.1) is 103 Å². The van der Waals surface area contributed by atoms with Crippen molar-refractivity contribution in [2.75, 3.05) is 78.5 Å². The van der Waals surface area contributed by atoms with Gasteiger partial charge in [-0.25, -0.2) is 9.97 Å². The van der Waals surface area contributed by atoms with Crippen LogP contribution in [0.3, 0.4) is 0 Å². The number of carboxylic acid groups (broad SMARTS) is 12. The van der Waals surface area contributed by atoms with E-state index in [0.29, 0.717) is 93.3 Å². The monoisotopic (exact) mass is 1710 g/mol. The highest BCUT2D eigenvalue weighted by Gasteiger charge is 2.42. The van der Waals surface area contributed by atoms with Crippen LogP contribution in [0.25, 0.3) is 0 Å². The van der Waals surface area contributed by atoms with E-state index in [2.05, 4.69) is 24.9 Å². The normalized spacial score (nSPS) is 19.0. The molecule has 14 N–H and O–H groups in total. The number of hydrogen-bond acceptors (Lipinski definition) is 26. The number of aliphatic carboxylic acids is 12. The topological polar surface area (TPSA) is 575 Å². The zero-order valence-electron chi connectivity index (χ0n) is 67.6. The number of aromatic amines is 1. The molecule has 0 aliphatic heterocycles. The zero-order valence-corrected chi connectivity index (χ0v) is 67.6. The molecule has 4 aliphatic carbocycles. The highest BCUT2D eigenvalue weighted by atomic mass is 16.5. The lowest BCUT2D eigenvalue weighted by Gasteiger charge is -2.43. The van der Waals surface area contributed by atoms with Crippen LogP contribution in [0.2, 0.25) is 0 Å². The minimum Gasteiger partial charge on any atom is -0.506 e. The van der Waals surface area contributed by atoms with Crippen LogP contribution in [-0.2, 0) is 96.9 Å². The predicted molar refractivity (Wildman–Crippen MR) is 431 cm³/mol. The van der Waals surface area contributed by atoms with Crippen molar-refractivity contribution in [2.24, 2.45) is 0 Å². The molecule has 4 aliphatic rings. The first-order chi connectivity index (χ1) is 58.3. The van der Waals surface area contributed by atoms with Crippen molar-refractivity contribution in [3.8, 4) is 11.5 Å². The van der Waals surface area contributed by atoms with E-state index in [9.17, 15) is 114 Å². The van der Waals surface area contributed by atoms with Crippen molar-refractivity contribution in [1.29, 1.82) is 0 Å². The number of aromatic hydroxyl groups is 1. The molecule has 4 fully saturated rings. The van der Waals surface area contributed by atoms with Crippen LogP contribution in [0.15, 0.2) is 122 Å². The van der Waals surface area contributed by atoms with Crippen LogP contribution in [0.5, 0.6) is 11.5 Å². The Labute approximate surface area is 702 Å². The van der Waals surface area contributed by atoms with Crippen LogP contribution in [-0.4, -0.2) is 334 Å². The summed E-state index contributed by atoms with van der Waals surface area (Å²) in [6.45, 7) is -2.73. The van der Waals surface area contributed by atoms with Gasteiger partial charge in [-0.2, -0.15) is 0 Å². The second-order valence-electron chi connectivity index (χ2n) is 30.3. The smallest absolute Gasteiger partial charge is 0.317 e. The molecular formula is C82H110N14O26. The fraction of sp³-hybridized carbons (Fsp3) is 0.512. The van der Waals surface area contributed by atoms with Gasteiger partial charge < -0.3 is 80.7 Å². The molecule has 0 amide bonds. The third-order valence-corrected chi connectivity index (χ3v) is 21.5. The SMILES string of the molecule is O=C(O)CN(CC(=O)O)C1CCCC[C@@H]1N(CC(=O)O)Cc1ncc[nH]1.O=C(O)CN(CC(=O)O)C1CCCC[C@@H]1N(CC(=O)O)Cc1ncccc1O.O=C(O)CN(CC(=O)O)C1CCCC[C@@H]1N(CC(=O)O)Cc1ncccc1OCc1ccccc1.O=C(O)CN(CC(=O)O)C1CCCC[C@@H]1N(CC(=O)O)Cc1nccn1Cc1ccccc1. The van der Waals surface area contributed by atoms with E-state index in [-0.39, 0.29) is 94.4 Å². The average molecular weight is 1710 g/mol. The second kappa shape index (κ2) is 50.4. The van der Waals surface area contributed by atoms with Crippen molar-refractivity contribution >= 4 is 71.6 Å². The summed E-state index contributed by atoms with van der Waals surface area (Å²) in [5, 5.41) is 122. The Hall–Kier alpha value is -11.9. The number of hydrogen-bond donors (Lipinski definition) is 14. The molecule has 4 unspecified atom stereocenters. The number of aromatic nitrogens is 6. The Morgan fingerprint density at radius 1 is 0.328 bits per heavy atom. The average Bonchev–Trinajstić information content (AvgIpc) is 1.47. The molecule has 8 atom stereocenters. The molecule has 40 nitrogen and oxygen atoms in total. The molecule has 10 rings (SSSR count). The van der Waals surface area contributed by atoms with Gasteiger partial charge in [-0.05, 0) is 86.8 Å². The summed E-state index contributed by atoms with van der Waals surface area (Å²) in [5.41, 5.74) is 2.95. The molecule has 4 heterocycles. The van der Waals surface area contributed by atoms with Gasteiger partial charge in [-0.15, -0.1) is 0 Å². The Balaban J connectivity index is 0.000000225. The van der Waals surface area contributed by atoms with Crippen molar-refractivity contribution in [2.45, 2.75) is 190 Å². The molecule has 6 aromatic rings. The fourth-order valence-corrected chi connectivity index (χ4v) is 16.7. The number of carbonyl (C=O) groups is 12. The Morgan fingerprint density at radius 3 is 0.967 bits per heavy atom. The van der Waals surface area contributed by atoms with E-state index >= 15 is 0 Å². The van der Waals surface area contributed by atoms with E-state index in [1.807, 2.05) is 71.4 Å². The van der Waals surface area contributed by atoms with E-state index < -0.39 is 136 Å². The maximum Gasteiger partial charge on any atom is 0.317 e. The number of carboxylic acids is 12. The van der Waals surface area contributed by atoms with Gasteiger partial charge in [0.15, 0.2) is 0 Å². The molecule has 40 heteroatoms. The van der Waals surface area contributed by atoms with E-state index in [1.54, 1.807) is 62.6 Å². The van der Waals surface area contributed by atoms with E-state index in [1.165, 1.54) is 31.9 Å². The van der Waals surface area contributed by atoms with Crippen molar-refractivity contribution in [3.63, 3.8) is 0 Å². The number of nitrogens with one attached hydrogen (secondary N) is 1. The molecule has 664 valence electrons. The van der Waals surface area contributed by atoms with Gasteiger partial charge >= 0.3 is 71.6 Å². The molecule has 4 aromatic heterocycles. The van der Waals surface area contributed by atoms with Crippen LogP contribution >= 0.6 is 0 Å². The maximum atomic E-state index is 11.8. The number of imidazole rings is 2. The summed E-state index contributed by atoms with van der Waals surface area (Å²) in [4.78, 5) is 169. The van der Waals surface area contributed by atoms with Gasteiger partial charge in [0.2, 0.25) is 0 Å². The van der Waals surface area contributed by atoms with Crippen LogP contribution in [0.4, 0.5) is 0 Å². The summed E-state index contributed by atoms with van der Waals surface area (Å²) in [5.74, 6) is -11.3. The lowest BCUT2D eigenvalue weighted by Crippen LogP contribution is -2.56. The Kier molecular flexibility index (Phi) is 40.1. The molecule has 0 saturated heterocycles. The number of nitrogens with zero attached hydrogens (tertiary/aromatic N) is 13. The fourth-order valence-electron chi connectivity index (χ4n) is 16.7. The number of rotatable bonds is 45. The maximum absolute atomic E-state index is 11.8. The third-order valence-electron chi connectivity index (χ3n) is 21.5. The van der Waals surface area contributed by atoms with Gasteiger partial charge in [0.25, 0.3) is 0 Å². The van der Waals surface area contributed by atoms with E-state index in [4.69, 9.17) is 14.9 Å². The number of pyridine rings is 2. The predicted octanol–water partition coefficient (Wildman–Crippen LogP) is 4.46. The minimum atomic E-state index is -1.14. The van der Waals surface area contributed by atoms with Gasteiger partial charge in [-0.1, -0.05) is 112 Å². The molecule has 0 spiro atoms. The van der Waals surface area contributed by atoms with Gasteiger partial charge in [0.1, 0.15) is 29.8 Å².